The van der Waals surface area contributed by atoms with E-state index in [1.807, 2.05) is 0 Å². The molecule has 0 saturated carbocycles. The van der Waals surface area contributed by atoms with E-state index < -0.39 is 18.4 Å². The Labute approximate surface area is 195 Å². The molecule has 0 fully saturated rings. The second-order valence-electron chi connectivity index (χ2n) is 7.39. The van der Waals surface area contributed by atoms with Gasteiger partial charge in [-0.25, -0.2) is 9.18 Å². The summed E-state index contributed by atoms with van der Waals surface area (Å²) in [4.78, 5) is 25.3. The van der Waals surface area contributed by atoms with Gasteiger partial charge in [0.1, 0.15) is 23.2 Å². The molecule has 0 unspecified atom stereocenters. The number of carbonyl (C=O) groups is 2. The summed E-state index contributed by atoms with van der Waals surface area (Å²) >= 11 is 0. The fourth-order valence-corrected chi connectivity index (χ4v) is 3.17. The van der Waals surface area contributed by atoms with Gasteiger partial charge in [0, 0.05) is 28.5 Å². The third-order valence-corrected chi connectivity index (χ3v) is 5.02. The number of methoxy groups -OCH3 is 1. The molecule has 0 spiro atoms. The van der Waals surface area contributed by atoms with E-state index in [0.717, 1.165) is 6.07 Å². The van der Waals surface area contributed by atoms with Crippen molar-refractivity contribution in [2.45, 2.75) is 13.5 Å². The Bertz CT molecular complexity index is 1210. The van der Waals surface area contributed by atoms with Crippen LogP contribution >= 0.6 is 0 Å². The van der Waals surface area contributed by atoms with E-state index in [-0.39, 0.29) is 40.8 Å². The molecule has 0 radical (unpaired) electrons. The second-order valence-corrected chi connectivity index (χ2v) is 7.39. The summed E-state index contributed by atoms with van der Waals surface area (Å²) in [6.07, 6.45) is 4.66. The third kappa shape index (κ3) is 5.69. The number of carbonyl (C=O) groups excluding carboxylic acids is 1. The maximum atomic E-state index is 14.5. The van der Waals surface area contributed by atoms with Crippen LogP contribution in [-0.4, -0.2) is 46.4 Å². The number of halogens is 1. The number of aliphatic carboxylic acids is 1. The lowest BCUT2D eigenvalue weighted by molar-refractivity contribution is -0.139. The minimum atomic E-state index is -1.17. The molecule has 9 heteroatoms. The number of carboxylic acid groups (broad SMARTS) is 1. The lowest BCUT2D eigenvalue weighted by Gasteiger charge is -2.17. The maximum Gasteiger partial charge on any atom is 0.341 e. The number of aromatic hydroxyl groups is 1. The number of allylic oxidation sites excluding steroid dienone is 3. The topological polar surface area (TPSA) is 120 Å². The van der Waals surface area contributed by atoms with Gasteiger partial charge in [-0.15, -0.1) is 0 Å². The summed E-state index contributed by atoms with van der Waals surface area (Å²) in [5.41, 5.74) is 1.00. The van der Waals surface area contributed by atoms with E-state index >= 15 is 0 Å². The molecule has 0 saturated heterocycles. The van der Waals surface area contributed by atoms with Gasteiger partial charge < -0.3 is 24.6 Å². The van der Waals surface area contributed by atoms with Crippen LogP contribution in [0.25, 0.3) is 0 Å². The quantitative estimate of drug-likeness (QED) is 0.377. The highest BCUT2D eigenvalue weighted by Crippen LogP contribution is 2.29. The van der Waals surface area contributed by atoms with Crippen LogP contribution in [-0.2, 0) is 16.1 Å². The number of hydrogen-bond acceptors (Lipinski definition) is 6. The Morgan fingerprint density at radius 1 is 1.18 bits per heavy atom. The Kier molecular flexibility index (Phi) is 7.47. The van der Waals surface area contributed by atoms with E-state index in [2.05, 4.69) is 0 Å². The van der Waals surface area contributed by atoms with E-state index in [0.29, 0.717) is 16.9 Å². The van der Waals surface area contributed by atoms with Crippen molar-refractivity contribution in [3.63, 3.8) is 0 Å². The van der Waals surface area contributed by atoms with Crippen molar-refractivity contribution in [3.8, 4) is 11.5 Å². The number of ether oxygens (including phenoxy) is 2. The molecule has 2 aromatic carbocycles. The number of ketones is 1. The number of phenols is 1. The zero-order valence-electron chi connectivity index (χ0n) is 18.5. The van der Waals surface area contributed by atoms with Crippen LogP contribution in [0, 0.1) is 11.2 Å². The first-order valence-corrected chi connectivity index (χ1v) is 10.2. The maximum absolute atomic E-state index is 14.5. The number of nitrogens with zero attached hydrogens (tertiary/aromatic N) is 1. The summed E-state index contributed by atoms with van der Waals surface area (Å²) < 4.78 is 24.7. The van der Waals surface area contributed by atoms with E-state index in [1.165, 1.54) is 54.6 Å². The molecule has 176 valence electrons. The Balaban J connectivity index is 1.95. The summed E-state index contributed by atoms with van der Waals surface area (Å²) in [6.45, 7) is 1.05. The molecule has 0 aromatic heterocycles. The highest BCUT2D eigenvalue weighted by atomic mass is 19.1. The average molecular weight is 466 g/mol. The zero-order chi connectivity index (χ0) is 24.8. The van der Waals surface area contributed by atoms with Crippen molar-refractivity contribution < 1.29 is 33.7 Å². The van der Waals surface area contributed by atoms with Crippen molar-refractivity contribution >= 4 is 17.6 Å². The number of carboxylic acids is 1. The van der Waals surface area contributed by atoms with Crippen LogP contribution in [0.4, 0.5) is 4.39 Å². The summed E-state index contributed by atoms with van der Waals surface area (Å²) in [7, 11) is 1.50. The fourth-order valence-electron chi connectivity index (χ4n) is 3.17. The number of amidine groups is 1. The van der Waals surface area contributed by atoms with Crippen molar-refractivity contribution in [2.75, 3.05) is 13.7 Å². The average Bonchev–Trinajstić information content (AvgIpc) is 3.12. The normalized spacial score (nSPS) is 14.9. The van der Waals surface area contributed by atoms with Gasteiger partial charge in [-0.2, -0.15) is 0 Å². The van der Waals surface area contributed by atoms with Gasteiger partial charge in [-0.3, -0.25) is 10.2 Å². The Morgan fingerprint density at radius 2 is 1.88 bits per heavy atom. The van der Waals surface area contributed by atoms with E-state index in [4.69, 9.17) is 20.0 Å². The number of rotatable bonds is 9. The first-order valence-electron chi connectivity index (χ1n) is 10.2. The van der Waals surface area contributed by atoms with Gasteiger partial charge in [0.2, 0.25) is 0 Å². The van der Waals surface area contributed by atoms with Gasteiger partial charge in [0.25, 0.3) is 0 Å². The molecule has 3 rings (SSSR count). The number of Topliss-reactive ketones (excluding diaryl/α,β-unsaturated/α-hetero) is 1. The second kappa shape index (κ2) is 10.5. The van der Waals surface area contributed by atoms with Crippen LogP contribution in [0.3, 0.4) is 0 Å². The number of hydrogen-bond donors (Lipinski definition) is 3. The first-order chi connectivity index (χ1) is 16.2. The van der Waals surface area contributed by atoms with Gasteiger partial charge in [0.15, 0.2) is 12.4 Å². The van der Waals surface area contributed by atoms with Crippen LogP contribution in [0.2, 0.25) is 0 Å². The molecular weight excluding hydrogens is 443 g/mol. The van der Waals surface area contributed by atoms with Crippen molar-refractivity contribution in [3.05, 3.63) is 94.7 Å². The van der Waals surface area contributed by atoms with Gasteiger partial charge in [-0.05, 0) is 61.5 Å². The number of nitrogens with one attached hydrogen (secondary N) is 1. The van der Waals surface area contributed by atoms with Crippen LogP contribution < -0.4 is 4.74 Å². The van der Waals surface area contributed by atoms with Crippen molar-refractivity contribution in [2.24, 2.45) is 0 Å². The van der Waals surface area contributed by atoms with Crippen LogP contribution in [0.5, 0.6) is 11.5 Å². The van der Waals surface area contributed by atoms with Gasteiger partial charge >= 0.3 is 5.97 Å². The summed E-state index contributed by atoms with van der Waals surface area (Å²) in [6, 6.07) is 9.56. The van der Waals surface area contributed by atoms with E-state index in [1.54, 1.807) is 19.1 Å². The Hall–Kier alpha value is -4.40. The molecule has 1 aliphatic rings. The summed E-state index contributed by atoms with van der Waals surface area (Å²) in [5, 5.41) is 26.9. The standard InChI is InChI=1S/C25H23FN2O6/c1-15(33-2)3-9-20-21(24(32)16-4-6-18(29)7-5-16)13-28(25(20)27)12-17-11-19(8-10-22(17)26)34-14-23(30)31/h3-11,13,27,29H,12,14H2,1-2H3,(H,30,31)/b15-3+,20-9-,27-25?. The highest BCUT2D eigenvalue weighted by molar-refractivity contribution is 6.21. The first kappa shape index (κ1) is 24.2. The SMILES string of the molecule is CO/C(C)=C/C=C1\C(=N)N(Cc2cc(OCC(=O)O)ccc2F)C=C1C(=O)c1ccc(O)cc1. The van der Waals surface area contributed by atoms with Crippen molar-refractivity contribution in [1.29, 1.82) is 5.41 Å². The molecular formula is C25H23FN2O6. The Morgan fingerprint density at radius 3 is 2.53 bits per heavy atom. The molecule has 2 aromatic rings. The van der Waals surface area contributed by atoms with E-state index in [9.17, 15) is 19.1 Å². The lowest BCUT2D eigenvalue weighted by Crippen LogP contribution is -2.22. The summed E-state index contributed by atoms with van der Waals surface area (Å²) in [5.74, 6) is -1.39. The smallest absolute Gasteiger partial charge is 0.341 e. The molecule has 8 nitrogen and oxygen atoms in total. The molecule has 1 aliphatic heterocycles. The number of phenolic OH excluding ortho intramolecular Hbond substituents is 1. The molecule has 0 bridgehead atoms. The number of benzene rings is 2. The third-order valence-electron chi connectivity index (χ3n) is 5.02. The molecule has 34 heavy (non-hydrogen) atoms. The van der Waals surface area contributed by atoms with Crippen LogP contribution in [0.15, 0.2) is 77.7 Å². The largest absolute Gasteiger partial charge is 0.508 e. The molecule has 0 amide bonds. The minimum Gasteiger partial charge on any atom is -0.508 e. The highest BCUT2D eigenvalue weighted by Gasteiger charge is 2.30. The van der Waals surface area contributed by atoms with Crippen LogP contribution in [0.1, 0.15) is 22.8 Å². The lowest BCUT2D eigenvalue weighted by atomic mass is 9.98. The van der Waals surface area contributed by atoms with Gasteiger partial charge in [-0.1, -0.05) is 0 Å². The minimum absolute atomic E-state index is 0.0150. The fraction of sp³-hybridized carbons (Fsp3) is 0.160. The molecule has 0 aliphatic carbocycles. The predicted octanol–water partition coefficient (Wildman–Crippen LogP) is 4.03. The van der Waals surface area contributed by atoms with Gasteiger partial charge in [0.05, 0.1) is 19.4 Å². The predicted molar refractivity (Wildman–Crippen MR) is 122 cm³/mol. The molecule has 0 atom stereocenters. The molecule has 1 heterocycles. The monoisotopic (exact) mass is 466 g/mol. The zero-order valence-corrected chi connectivity index (χ0v) is 18.5. The van der Waals surface area contributed by atoms with Crippen molar-refractivity contribution in [1.82, 2.24) is 4.90 Å². The molecule has 3 N–H and O–H groups in total.